The summed E-state index contributed by atoms with van der Waals surface area (Å²) in [6.07, 6.45) is 2.81. The van der Waals surface area contributed by atoms with E-state index in [4.69, 9.17) is 5.21 Å². The van der Waals surface area contributed by atoms with E-state index in [1.54, 1.807) is 0 Å². The van der Waals surface area contributed by atoms with Gasteiger partial charge in [-0.25, -0.2) is 4.98 Å². The monoisotopic (exact) mass is 114 g/mol. The first-order chi connectivity index (χ1) is 3.80. The van der Waals surface area contributed by atoms with Crippen LogP contribution in [0.2, 0.25) is 0 Å². The van der Waals surface area contributed by atoms with Crippen molar-refractivity contribution in [2.75, 3.05) is 0 Å². The van der Waals surface area contributed by atoms with Gasteiger partial charge >= 0.3 is 5.95 Å². The molecule has 0 radical (unpaired) electrons. The highest BCUT2D eigenvalue weighted by Gasteiger charge is 2.08. The summed E-state index contributed by atoms with van der Waals surface area (Å²) in [4.78, 5) is 15.4. The van der Waals surface area contributed by atoms with Crippen molar-refractivity contribution in [3.63, 3.8) is 0 Å². The molecule has 5 heteroatoms. The van der Waals surface area contributed by atoms with Crippen molar-refractivity contribution in [1.82, 2.24) is 9.97 Å². The van der Waals surface area contributed by atoms with Crippen LogP contribution in [-0.4, -0.2) is 20.1 Å². The average molecular weight is 114 g/mol. The highest BCUT2D eigenvalue weighted by molar-refractivity contribution is 4.99. The maximum Gasteiger partial charge on any atom is 0.473 e. The highest BCUT2D eigenvalue weighted by Crippen LogP contribution is 1.95. The maximum atomic E-state index is 9.88. The molecule has 1 rings (SSSR count). The van der Waals surface area contributed by atoms with Crippen LogP contribution in [0, 0.1) is 4.91 Å². The van der Waals surface area contributed by atoms with Crippen molar-refractivity contribution >= 4 is 5.95 Å². The predicted molar refractivity (Wildman–Crippen MR) is 23.7 cm³/mol. The quantitative estimate of drug-likeness (QED) is 0.512. The Hall–Kier alpha value is -1.39. The molecular formula is C3H4N3O2+. The van der Waals surface area contributed by atoms with E-state index in [0.29, 0.717) is 0 Å². The summed E-state index contributed by atoms with van der Waals surface area (Å²) in [5.74, 6) is -0.106. The van der Waals surface area contributed by atoms with E-state index in [2.05, 4.69) is 9.97 Å². The summed E-state index contributed by atoms with van der Waals surface area (Å²) in [7, 11) is 0. The molecule has 0 aliphatic rings. The van der Waals surface area contributed by atoms with Crippen LogP contribution in [0.4, 0.5) is 5.95 Å². The molecule has 0 spiro atoms. The summed E-state index contributed by atoms with van der Waals surface area (Å²) in [5, 5.41) is 8.10. The average Bonchev–Trinajstić information content (AvgIpc) is 2.12. The summed E-state index contributed by atoms with van der Waals surface area (Å²) in [5.41, 5.74) is 0. The van der Waals surface area contributed by atoms with Crippen molar-refractivity contribution in [3.8, 4) is 0 Å². The van der Waals surface area contributed by atoms with Crippen molar-refractivity contribution in [1.29, 1.82) is 0 Å². The fraction of sp³-hybridized carbons (Fsp3) is 0. The molecule has 0 unspecified atom stereocenters. The molecule has 0 amide bonds. The van der Waals surface area contributed by atoms with Crippen LogP contribution in [0.25, 0.3) is 0 Å². The van der Waals surface area contributed by atoms with E-state index in [9.17, 15) is 4.91 Å². The molecule has 0 saturated carbocycles. The van der Waals surface area contributed by atoms with Gasteiger partial charge in [-0.1, -0.05) is 9.89 Å². The van der Waals surface area contributed by atoms with Gasteiger partial charge in [0.25, 0.3) is 0 Å². The Kier molecular flexibility index (Phi) is 0.957. The first-order valence-electron chi connectivity index (χ1n) is 1.96. The van der Waals surface area contributed by atoms with E-state index in [-0.39, 0.29) is 10.9 Å². The normalized spacial score (nSPS) is 9.00. The minimum Gasteiger partial charge on any atom is -0.337 e. The van der Waals surface area contributed by atoms with Gasteiger partial charge in [0.15, 0.2) is 4.92 Å². The molecule has 0 atom stereocenters. The predicted octanol–water partition coefficient (Wildman–Crippen LogP) is 0.209. The van der Waals surface area contributed by atoms with Crippen LogP contribution >= 0.6 is 0 Å². The molecule has 1 heterocycles. The number of imidazole rings is 1. The van der Waals surface area contributed by atoms with Crippen LogP contribution in [0.15, 0.2) is 12.4 Å². The Morgan fingerprint density at radius 3 is 2.88 bits per heavy atom. The summed E-state index contributed by atoms with van der Waals surface area (Å²) in [6.45, 7) is 0. The lowest BCUT2D eigenvalue weighted by Crippen LogP contribution is -1.92. The highest BCUT2D eigenvalue weighted by atomic mass is 16.6. The van der Waals surface area contributed by atoms with Gasteiger partial charge < -0.3 is 5.21 Å². The van der Waals surface area contributed by atoms with Crippen LogP contribution in [0.3, 0.4) is 0 Å². The summed E-state index contributed by atoms with van der Waals surface area (Å²) < 4.78 is 0. The Labute approximate surface area is 44.5 Å². The largest absolute Gasteiger partial charge is 0.473 e. The maximum absolute atomic E-state index is 9.88. The van der Waals surface area contributed by atoms with Crippen molar-refractivity contribution in [3.05, 3.63) is 17.3 Å². The molecule has 0 aliphatic heterocycles. The number of rotatable bonds is 1. The third-order valence-corrected chi connectivity index (χ3v) is 0.665. The Bertz CT molecular complexity index is 180. The van der Waals surface area contributed by atoms with Crippen LogP contribution in [-0.2, 0) is 0 Å². The molecule has 1 aromatic rings. The zero-order chi connectivity index (χ0) is 5.98. The van der Waals surface area contributed by atoms with Gasteiger partial charge in [-0.3, -0.25) is 0 Å². The lowest BCUT2D eigenvalue weighted by molar-refractivity contribution is -0.734. The van der Waals surface area contributed by atoms with E-state index in [0.717, 1.165) is 0 Å². The second-order valence-corrected chi connectivity index (χ2v) is 1.19. The fourth-order valence-electron chi connectivity index (χ4n) is 0.362. The Morgan fingerprint density at radius 1 is 1.88 bits per heavy atom. The minimum absolute atomic E-state index is 0.106. The number of nitrogens with zero attached hydrogens (tertiary/aromatic N) is 2. The number of aromatic amines is 1. The third kappa shape index (κ3) is 0.651. The molecule has 0 aliphatic carbocycles. The van der Waals surface area contributed by atoms with Crippen molar-refractivity contribution in [2.24, 2.45) is 0 Å². The number of hydrogen-bond donors (Lipinski definition) is 2. The molecule has 0 aromatic carbocycles. The number of hydrogen-bond acceptors (Lipinski definition) is 2. The number of nitrogens with one attached hydrogen (secondary N) is 1. The van der Waals surface area contributed by atoms with Gasteiger partial charge in [0.05, 0.1) is 6.20 Å². The molecule has 1 aromatic heterocycles. The molecule has 0 saturated heterocycles. The van der Waals surface area contributed by atoms with Crippen molar-refractivity contribution < 1.29 is 10.1 Å². The van der Waals surface area contributed by atoms with Gasteiger partial charge in [-0.15, -0.1) is 0 Å². The first kappa shape index (κ1) is 4.76. The molecule has 5 nitrogen and oxygen atoms in total. The van der Waals surface area contributed by atoms with Crippen LogP contribution in [0.5, 0.6) is 0 Å². The molecular weight excluding hydrogens is 110 g/mol. The lowest BCUT2D eigenvalue weighted by Gasteiger charge is -1.72. The van der Waals surface area contributed by atoms with Crippen LogP contribution < -0.4 is 0 Å². The zero-order valence-electron chi connectivity index (χ0n) is 3.90. The van der Waals surface area contributed by atoms with E-state index >= 15 is 0 Å². The lowest BCUT2D eigenvalue weighted by atomic mass is 11.0. The van der Waals surface area contributed by atoms with Gasteiger partial charge in [0, 0.05) is 0 Å². The topological polar surface area (TPSA) is 69.0 Å². The molecule has 0 fully saturated rings. The smallest absolute Gasteiger partial charge is 0.337 e. The Balaban J connectivity index is 2.93. The third-order valence-electron chi connectivity index (χ3n) is 0.665. The molecule has 0 bridgehead atoms. The second-order valence-electron chi connectivity index (χ2n) is 1.19. The molecule has 2 N–H and O–H groups in total. The van der Waals surface area contributed by atoms with Gasteiger partial charge in [-0.2, -0.15) is 0 Å². The standard InChI is InChI=1S/C3H4N3O2/c7-6(8)3-4-1-2-5-3/h1-2H,(H,4,5)(H,7,8)/q+1. The molecule has 8 heavy (non-hydrogen) atoms. The summed E-state index contributed by atoms with van der Waals surface area (Å²) >= 11 is 0. The van der Waals surface area contributed by atoms with Gasteiger partial charge in [-0.05, 0) is 0 Å². The second kappa shape index (κ2) is 1.61. The van der Waals surface area contributed by atoms with Crippen LogP contribution in [0.1, 0.15) is 0 Å². The summed E-state index contributed by atoms with van der Waals surface area (Å²) in [6, 6.07) is 0. The van der Waals surface area contributed by atoms with Gasteiger partial charge in [0.2, 0.25) is 0 Å². The zero-order valence-corrected chi connectivity index (χ0v) is 3.90. The molecule has 42 valence electrons. The number of aromatic nitrogens is 2. The first-order valence-corrected chi connectivity index (χ1v) is 1.96. The van der Waals surface area contributed by atoms with E-state index < -0.39 is 0 Å². The number of H-pyrrole nitrogens is 1. The minimum atomic E-state index is -0.333. The Morgan fingerprint density at radius 2 is 2.62 bits per heavy atom. The van der Waals surface area contributed by atoms with Gasteiger partial charge in [0.1, 0.15) is 6.20 Å². The van der Waals surface area contributed by atoms with E-state index in [1.807, 2.05) is 0 Å². The fourth-order valence-corrected chi connectivity index (χ4v) is 0.362. The van der Waals surface area contributed by atoms with Crippen molar-refractivity contribution in [2.45, 2.75) is 0 Å². The SMILES string of the molecule is O=[N+](O)c1ncc[nH]1. The van der Waals surface area contributed by atoms with E-state index in [1.165, 1.54) is 12.4 Å².